The van der Waals surface area contributed by atoms with E-state index in [4.69, 9.17) is 0 Å². The highest BCUT2D eigenvalue weighted by Gasteiger charge is 2.25. The monoisotopic (exact) mass is 232 g/mol. The van der Waals surface area contributed by atoms with Gasteiger partial charge < -0.3 is 5.32 Å². The maximum atomic E-state index is 3.21. The van der Waals surface area contributed by atoms with Gasteiger partial charge in [-0.25, -0.2) is 0 Å². The van der Waals surface area contributed by atoms with E-state index >= 15 is 0 Å². The van der Waals surface area contributed by atoms with Gasteiger partial charge in [0.2, 0.25) is 0 Å². The van der Waals surface area contributed by atoms with Crippen LogP contribution in [0.1, 0.15) is 25.0 Å². The first kappa shape index (κ1) is 12.6. The van der Waals surface area contributed by atoms with E-state index in [9.17, 15) is 0 Å². The number of nitrogens with one attached hydrogen (secondary N) is 1. The minimum atomic E-state index is 0.843. The molecule has 0 bridgehead atoms. The Morgan fingerprint density at radius 3 is 2.47 bits per heavy atom. The number of likely N-dealkylation sites (tertiary alicyclic amines) is 1. The van der Waals surface area contributed by atoms with Crippen LogP contribution < -0.4 is 5.32 Å². The summed E-state index contributed by atoms with van der Waals surface area (Å²) < 4.78 is 0. The SMILES string of the molecule is CNCc1cccc(CN2CC(C)C(C)C2)c1. The molecule has 0 spiro atoms. The third-order valence-corrected chi connectivity index (χ3v) is 3.84. The van der Waals surface area contributed by atoms with E-state index in [0.29, 0.717) is 0 Å². The minimum Gasteiger partial charge on any atom is -0.316 e. The summed E-state index contributed by atoms with van der Waals surface area (Å²) in [4.78, 5) is 2.58. The van der Waals surface area contributed by atoms with Crippen LogP contribution in [0.4, 0.5) is 0 Å². The third kappa shape index (κ3) is 3.30. The maximum Gasteiger partial charge on any atom is 0.0234 e. The molecule has 1 saturated heterocycles. The highest BCUT2D eigenvalue weighted by Crippen LogP contribution is 2.23. The zero-order chi connectivity index (χ0) is 12.3. The van der Waals surface area contributed by atoms with E-state index in [-0.39, 0.29) is 0 Å². The van der Waals surface area contributed by atoms with Crippen LogP contribution in [0.25, 0.3) is 0 Å². The van der Waals surface area contributed by atoms with Crippen molar-refractivity contribution in [2.45, 2.75) is 26.9 Å². The predicted molar refractivity (Wildman–Crippen MR) is 72.8 cm³/mol. The molecule has 0 radical (unpaired) electrons. The largest absolute Gasteiger partial charge is 0.316 e. The van der Waals surface area contributed by atoms with Crippen molar-refractivity contribution in [2.24, 2.45) is 11.8 Å². The average molecular weight is 232 g/mol. The summed E-state index contributed by atoms with van der Waals surface area (Å²) in [7, 11) is 2.00. The Kier molecular flexibility index (Phi) is 4.19. The van der Waals surface area contributed by atoms with Crippen molar-refractivity contribution in [3.63, 3.8) is 0 Å². The second kappa shape index (κ2) is 5.65. The van der Waals surface area contributed by atoms with Crippen LogP contribution in [0.3, 0.4) is 0 Å². The lowest BCUT2D eigenvalue weighted by atomic mass is 10.0. The molecule has 1 aliphatic heterocycles. The van der Waals surface area contributed by atoms with Crippen molar-refractivity contribution in [3.8, 4) is 0 Å². The lowest BCUT2D eigenvalue weighted by Gasteiger charge is -2.16. The molecular weight excluding hydrogens is 208 g/mol. The van der Waals surface area contributed by atoms with Crippen LogP contribution in [0.2, 0.25) is 0 Å². The van der Waals surface area contributed by atoms with Crippen molar-refractivity contribution >= 4 is 0 Å². The Morgan fingerprint density at radius 1 is 1.18 bits per heavy atom. The number of benzene rings is 1. The standard InChI is InChI=1S/C15H24N2/c1-12-9-17(10-13(12)2)11-15-6-4-5-14(7-15)8-16-3/h4-7,12-13,16H,8-11H2,1-3H3. The van der Waals surface area contributed by atoms with E-state index in [1.165, 1.54) is 24.2 Å². The van der Waals surface area contributed by atoms with Crippen LogP contribution >= 0.6 is 0 Å². The first-order valence-electron chi connectivity index (χ1n) is 6.64. The first-order chi connectivity index (χ1) is 8.19. The number of nitrogens with zero attached hydrogens (tertiary/aromatic N) is 1. The maximum absolute atomic E-state index is 3.21. The molecule has 2 nitrogen and oxygen atoms in total. The van der Waals surface area contributed by atoms with E-state index in [1.54, 1.807) is 0 Å². The summed E-state index contributed by atoms with van der Waals surface area (Å²) in [6.07, 6.45) is 0. The zero-order valence-corrected chi connectivity index (χ0v) is 11.2. The molecule has 1 heterocycles. The van der Waals surface area contributed by atoms with Crippen LogP contribution in [-0.4, -0.2) is 25.0 Å². The molecule has 1 N–H and O–H groups in total. The Bertz CT molecular complexity index is 352. The Hall–Kier alpha value is -0.860. The second-order valence-electron chi connectivity index (χ2n) is 5.50. The summed E-state index contributed by atoms with van der Waals surface area (Å²) >= 11 is 0. The topological polar surface area (TPSA) is 15.3 Å². The molecule has 2 unspecified atom stereocenters. The summed E-state index contributed by atoms with van der Waals surface area (Å²) in [5.74, 6) is 1.69. The van der Waals surface area contributed by atoms with Gasteiger partial charge in [0.15, 0.2) is 0 Å². The Labute approximate surface area is 105 Å². The van der Waals surface area contributed by atoms with Crippen molar-refractivity contribution in [1.29, 1.82) is 0 Å². The van der Waals surface area contributed by atoms with Gasteiger partial charge in [-0.1, -0.05) is 38.1 Å². The quantitative estimate of drug-likeness (QED) is 0.858. The van der Waals surface area contributed by atoms with Gasteiger partial charge >= 0.3 is 0 Å². The fourth-order valence-electron chi connectivity index (χ4n) is 2.68. The smallest absolute Gasteiger partial charge is 0.0234 e. The van der Waals surface area contributed by atoms with Gasteiger partial charge in [0.1, 0.15) is 0 Å². The minimum absolute atomic E-state index is 0.843. The van der Waals surface area contributed by atoms with E-state index in [2.05, 4.69) is 48.3 Å². The fourth-order valence-corrected chi connectivity index (χ4v) is 2.68. The van der Waals surface area contributed by atoms with Gasteiger partial charge in [-0.3, -0.25) is 4.90 Å². The van der Waals surface area contributed by atoms with Crippen LogP contribution in [-0.2, 0) is 13.1 Å². The van der Waals surface area contributed by atoms with E-state index in [0.717, 1.165) is 24.9 Å². The summed E-state index contributed by atoms with van der Waals surface area (Å²) in [6, 6.07) is 8.93. The third-order valence-electron chi connectivity index (χ3n) is 3.84. The fraction of sp³-hybridized carbons (Fsp3) is 0.600. The van der Waals surface area contributed by atoms with Crippen molar-refractivity contribution in [2.75, 3.05) is 20.1 Å². The summed E-state index contributed by atoms with van der Waals surface area (Å²) in [6.45, 7) is 9.28. The van der Waals surface area contributed by atoms with Gasteiger partial charge in [-0.2, -0.15) is 0 Å². The van der Waals surface area contributed by atoms with E-state index in [1.807, 2.05) is 7.05 Å². The zero-order valence-electron chi connectivity index (χ0n) is 11.2. The van der Waals surface area contributed by atoms with Gasteiger partial charge in [0.25, 0.3) is 0 Å². The number of hydrogen-bond donors (Lipinski definition) is 1. The Balaban J connectivity index is 1.97. The lowest BCUT2D eigenvalue weighted by molar-refractivity contribution is 0.316. The second-order valence-corrected chi connectivity index (χ2v) is 5.50. The molecule has 2 rings (SSSR count). The van der Waals surface area contributed by atoms with Crippen molar-refractivity contribution in [3.05, 3.63) is 35.4 Å². The van der Waals surface area contributed by atoms with Gasteiger partial charge in [-0.15, -0.1) is 0 Å². The average Bonchev–Trinajstić information content (AvgIpc) is 2.59. The molecule has 2 atom stereocenters. The molecule has 0 aromatic heterocycles. The van der Waals surface area contributed by atoms with Crippen molar-refractivity contribution in [1.82, 2.24) is 10.2 Å². The molecule has 1 aromatic rings. The molecule has 0 saturated carbocycles. The normalized spacial score (nSPS) is 25.4. The molecule has 94 valence electrons. The number of rotatable bonds is 4. The molecule has 0 aliphatic carbocycles. The Morgan fingerprint density at radius 2 is 1.82 bits per heavy atom. The first-order valence-corrected chi connectivity index (χ1v) is 6.64. The molecular formula is C15H24N2. The lowest BCUT2D eigenvalue weighted by Crippen LogP contribution is -2.20. The van der Waals surface area contributed by atoms with Crippen molar-refractivity contribution < 1.29 is 0 Å². The van der Waals surface area contributed by atoms with Gasteiger partial charge in [-0.05, 0) is 30.0 Å². The van der Waals surface area contributed by atoms with Crippen LogP contribution in [0.5, 0.6) is 0 Å². The molecule has 0 amide bonds. The molecule has 2 heteroatoms. The predicted octanol–water partition coefficient (Wildman–Crippen LogP) is 2.49. The molecule has 1 aliphatic rings. The highest BCUT2D eigenvalue weighted by atomic mass is 15.1. The van der Waals surface area contributed by atoms with E-state index < -0.39 is 0 Å². The molecule has 1 aromatic carbocycles. The summed E-state index contributed by atoms with van der Waals surface area (Å²) in [5.41, 5.74) is 2.82. The number of hydrogen-bond acceptors (Lipinski definition) is 2. The van der Waals surface area contributed by atoms with Crippen LogP contribution in [0, 0.1) is 11.8 Å². The summed E-state index contributed by atoms with van der Waals surface area (Å²) in [5, 5.41) is 3.21. The molecule has 17 heavy (non-hydrogen) atoms. The van der Waals surface area contributed by atoms with Gasteiger partial charge in [0, 0.05) is 26.2 Å². The van der Waals surface area contributed by atoms with Crippen LogP contribution in [0.15, 0.2) is 24.3 Å². The molecule has 1 fully saturated rings. The highest BCUT2D eigenvalue weighted by molar-refractivity contribution is 5.23. The van der Waals surface area contributed by atoms with Gasteiger partial charge in [0.05, 0.1) is 0 Å².